The van der Waals surface area contributed by atoms with Crippen molar-refractivity contribution in [2.24, 2.45) is 11.8 Å². The molecule has 0 aromatic heterocycles. The molecule has 1 heterocycles. The summed E-state index contributed by atoms with van der Waals surface area (Å²) in [5.41, 5.74) is 0. The van der Waals surface area contributed by atoms with Crippen LogP contribution >= 0.6 is 0 Å². The predicted molar refractivity (Wildman–Crippen MR) is 74.0 cm³/mol. The monoisotopic (exact) mass is 270 g/mol. The minimum absolute atomic E-state index is 0.0457. The number of carboxylic acids is 1. The maximum atomic E-state index is 12.2. The molecular formula is C14H26N2O3. The molecule has 0 aliphatic carbocycles. The van der Waals surface area contributed by atoms with E-state index in [4.69, 9.17) is 5.11 Å². The first-order valence-corrected chi connectivity index (χ1v) is 7.21. The van der Waals surface area contributed by atoms with Gasteiger partial charge in [0.05, 0.1) is 0 Å². The molecule has 2 N–H and O–H groups in total. The Hall–Kier alpha value is -1.26. The number of nitrogens with zero attached hydrogens (tertiary/aromatic N) is 1. The van der Waals surface area contributed by atoms with Gasteiger partial charge in [0.2, 0.25) is 0 Å². The van der Waals surface area contributed by atoms with E-state index in [9.17, 15) is 9.59 Å². The standard InChI is InChI=1S/C14H26N2O3/c1-4-12(10(2)3)15-14(19)16-7-5-6-11(9-16)8-13(17)18/h10-12H,4-9H2,1-3H3,(H,15,19)(H,17,18). The highest BCUT2D eigenvalue weighted by atomic mass is 16.4. The van der Waals surface area contributed by atoms with Crippen molar-refractivity contribution in [1.29, 1.82) is 0 Å². The van der Waals surface area contributed by atoms with Crippen molar-refractivity contribution in [3.63, 3.8) is 0 Å². The number of amides is 2. The molecule has 19 heavy (non-hydrogen) atoms. The largest absolute Gasteiger partial charge is 0.481 e. The molecule has 2 unspecified atom stereocenters. The molecule has 5 nitrogen and oxygen atoms in total. The minimum atomic E-state index is -0.777. The smallest absolute Gasteiger partial charge is 0.317 e. The van der Waals surface area contributed by atoms with Crippen LogP contribution in [0.5, 0.6) is 0 Å². The predicted octanol–water partition coefficient (Wildman–Crippen LogP) is 2.32. The molecule has 2 amide bonds. The summed E-state index contributed by atoms with van der Waals surface area (Å²) in [6.45, 7) is 7.55. The van der Waals surface area contributed by atoms with Crippen LogP contribution in [0.15, 0.2) is 0 Å². The highest BCUT2D eigenvalue weighted by Gasteiger charge is 2.26. The Morgan fingerprint density at radius 2 is 2.11 bits per heavy atom. The summed E-state index contributed by atoms with van der Waals surface area (Å²) in [6.07, 6.45) is 2.86. The van der Waals surface area contributed by atoms with Gasteiger partial charge in [0, 0.05) is 25.6 Å². The van der Waals surface area contributed by atoms with E-state index in [2.05, 4.69) is 26.1 Å². The molecule has 110 valence electrons. The number of aliphatic carboxylic acids is 1. The van der Waals surface area contributed by atoms with Gasteiger partial charge in [-0.15, -0.1) is 0 Å². The lowest BCUT2D eigenvalue weighted by atomic mass is 9.95. The van der Waals surface area contributed by atoms with Gasteiger partial charge in [0.25, 0.3) is 0 Å². The topological polar surface area (TPSA) is 69.6 Å². The van der Waals surface area contributed by atoms with E-state index in [1.807, 2.05) is 0 Å². The number of carboxylic acid groups (broad SMARTS) is 1. The van der Waals surface area contributed by atoms with Crippen molar-refractivity contribution in [2.45, 2.75) is 52.5 Å². The first-order valence-electron chi connectivity index (χ1n) is 7.21. The third-order valence-corrected chi connectivity index (χ3v) is 3.82. The minimum Gasteiger partial charge on any atom is -0.481 e. The Labute approximate surface area is 115 Å². The Morgan fingerprint density at radius 1 is 1.42 bits per heavy atom. The van der Waals surface area contributed by atoms with Gasteiger partial charge in [-0.1, -0.05) is 20.8 Å². The van der Waals surface area contributed by atoms with Crippen LogP contribution in [0.4, 0.5) is 4.79 Å². The first kappa shape index (κ1) is 15.8. The van der Waals surface area contributed by atoms with Crippen molar-refractivity contribution < 1.29 is 14.7 Å². The Bertz CT molecular complexity index is 318. The second-order valence-corrected chi connectivity index (χ2v) is 5.76. The van der Waals surface area contributed by atoms with Gasteiger partial charge < -0.3 is 15.3 Å². The van der Waals surface area contributed by atoms with Gasteiger partial charge in [-0.05, 0) is 31.1 Å². The SMILES string of the molecule is CCC(NC(=O)N1CCCC(CC(=O)O)C1)C(C)C. The normalized spacial score (nSPS) is 21.3. The van der Waals surface area contributed by atoms with Crippen molar-refractivity contribution in [2.75, 3.05) is 13.1 Å². The van der Waals surface area contributed by atoms with Crippen LogP contribution in [-0.2, 0) is 4.79 Å². The maximum absolute atomic E-state index is 12.2. The molecule has 1 saturated heterocycles. The molecule has 0 aromatic rings. The van der Waals surface area contributed by atoms with Crippen LogP contribution in [0.25, 0.3) is 0 Å². The number of urea groups is 1. The number of rotatable bonds is 5. The van der Waals surface area contributed by atoms with Crippen molar-refractivity contribution in [1.82, 2.24) is 10.2 Å². The zero-order valence-electron chi connectivity index (χ0n) is 12.2. The third kappa shape index (κ3) is 5.09. The Morgan fingerprint density at radius 3 is 2.63 bits per heavy atom. The maximum Gasteiger partial charge on any atom is 0.317 e. The Balaban J connectivity index is 2.49. The highest BCUT2D eigenvalue weighted by molar-refractivity contribution is 5.75. The number of piperidine rings is 1. The van der Waals surface area contributed by atoms with E-state index in [1.165, 1.54) is 0 Å². The van der Waals surface area contributed by atoms with Gasteiger partial charge in [-0.2, -0.15) is 0 Å². The van der Waals surface area contributed by atoms with Crippen LogP contribution in [-0.4, -0.2) is 41.1 Å². The van der Waals surface area contributed by atoms with Gasteiger partial charge >= 0.3 is 12.0 Å². The molecule has 0 aromatic carbocycles. The molecule has 1 fully saturated rings. The van der Waals surface area contributed by atoms with E-state index >= 15 is 0 Å². The third-order valence-electron chi connectivity index (χ3n) is 3.82. The summed E-state index contributed by atoms with van der Waals surface area (Å²) in [5, 5.41) is 11.9. The van der Waals surface area contributed by atoms with Crippen molar-refractivity contribution in [3.8, 4) is 0 Å². The van der Waals surface area contributed by atoms with Gasteiger partial charge in [0.15, 0.2) is 0 Å². The highest BCUT2D eigenvalue weighted by Crippen LogP contribution is 2.20. The second kappa shape index (κ2) is 7.36. The summed E-state index contributed by atoms with van der Waals surface area (Å²) in [6, 6.07) is 0.142. The van der Waals surface area contributed by atoms with Crippen molar-refractivity contribution >= 4 is 12.0 Å². The average molecular weight is 270 g/mol. The zero-order valence-corrected chi connectivity index (χ0v) is 12.2. The molecule has 0 spiro atoms. The lowest BCUT2D eigenvalue weighted by molar-refractivity contribution is -0.138. The number of carbonyl (C=O) groups excluding carboxylic acids is 1. The fourth-order valence-corrected chi connectivity index (χ4v) is 2.65. The molecular weight excluding hydrogens is 244 g/mol. The molecule has 1 aliphatic rings. The number of likely N-dealkylation sites (tertiary alicyclic amines) is 1. The van der Waals surface area contributed by atoms with Crippen LogP contribution in [0.2, 0.25) is 0 Å². The molecule has 1 aliphatic heterocycles. The zero-order chi connectivity index (χ0) is 14.4. The molecule has 2 atom stereocenters. The first-order chi connectivity index (χ1) is 8.93. The van der Waals surface area contributed by atoms with E-state index in [1.54, 1.807) is 4.90 Å². The van der Waals surface area contributed by atoms with Crippen molar-refractivity contribution in [3.05, 3.63) is 0 Å². The van der Waals surface area contributed by atoms with Gasteiger partial charge in [-0.3, -0.25) is 4.79 Å². The second-order valence-electron chi connectivity index (χ2n) is 5.76. The molecule has 1 rings (SSSR count). The number of nitrogens with one attached hydrogen (secondary N) is 1. The van der Waals surface area contributed by atoms with Gasteiger partial charge in [0.1, 0.15) is 0 Å². The molecule has 0 radical (unpaired) electrons. The van der Waals surface area contributed by atoms with E-state index < -0.39 is 5.97 Å². The quantitative estimate of drug-likeness (QED) is 0.805. The summed E-state index contributed by atoms with van der Waals surface area (Å²) in [4.78, 5) is 24.7. The van der Waals surface area contributed by atoms with Crippen LogP contribution in [0.1, 0.15) is 46.5 Å². The number of hydrogen-bond donors (Lipinski definition) is 2. The Kier molecular flexibility index (Phi) is 6.12. The number of hydrogen-bond acceptors (Lipinski definition) is 2. The molecule has 0 bridgehead atoms. The van der Waals surface area contributed by atoms with Crippen LogP contribution in [0.3, 0.4) is 0 Å². The summed E-state index contributed by atoms with van der Waals surface area (Å²) < 4.78 is 0. The van der Waals surface area contributed by atoms with Crippen LogP contribution < -0.4 is 5.32 Å². The number of carbonyl (C=O) groups is 2. The lowest BCUT2D eigenvalue weighted by Gasteiger charge is -2.34. The average Bonchev–Trinajstić information content (AvgIpc) is 2.34. The summed E-state index contributed by atoms with van der Waals surface area (Å²) in [7, 11) is 0. The van der Waals surface area contributed by atoms with E-state index in [-0.39, 0.29) is 24.4 Å². The summed E-state index contributed by atoms with van der Waals surface area (Å²) >= 11 is 0. The molecule has 5 heteroatoms. The van der Waals surface area contributed by atoms with E-state index in [0.29, 0.717) is 12.5 Å². The van der Waals surface area contributed by atoms with E-state index in [0.717, 1.165) is 25.8 Å². The molecule has 0 saturated carbocycles. The lowest BCUT2D eigenvalue weighted by Crippen LogP contribution is -2.50. The van der Waals surface area contributed by atoms with Crippen LogP contribution in [0, 0.1) is 11.8 Å². The van der Waals surface area contributed by atoms with Gasteiger partial charge in [-0.25, -0.2) is 4.79 Å². The summed E-state index contributed by atoms with van der Waals surface area (Å²) in [5.74, 6) is -0.273. The fraction of sp³-hybridized carbons (Fsp3) is 0.857. The fourth-order valence-electron chi connectivity index (χ4n) is 2.65.